The number of halogens is 1. The quantitative estimate of drug-likeness (QED) is 0.707. The predicted octanol–water partition coefficient (Wildman–Crippen LogP) is 4.74. The van der Waals surface area contributed by atoms with Crippen molar-refractivity contribution in [3.8, 4) is 0 Å². The standard InChI is InChI=1S/C15H27ClN2/c1-7-12-14(11(3)16)13(8-2)18(17-12)10-9-15(4,5)6/h11H,7-10H2,1-6H3. The molecule has 0 radical (unpaired) electrons. The van der Waals surface area contributed by atoms with Gasteiger partial charge in [0.05, 0.1) is 11.1 Å². The van der Waals surface area contributed by atoms with E-state index in [2.05, 4.69) is 39.3 Å². The zero-order valence-electron chi connectivity index (χ0n) is 12.7. The summed E-state index contributed by atoms with van der Waals surface area (Å²) in [6.45, 7) is 14.2. The van der Waals surface area contributed by atoms with Crippen LogP contribution >= 0.6 is 11.6 Å². The van der Waals surface area contributed by atoms with Gasteiger partial charge in [-0.2, -0.15) is 5.10 Å². The first-order valence-corrected chi connectivity index (χ1v) is 7.46. The maximum absolute atomic E-state index is 6.32. The Balaban J connectivity index is 3.05. The fourth-order valence-electron chi connectivity index (χ4n) is 2.29. The highest BCUT2D eigenvalue weighted by Crippen LogP contribution is 2.29. The second kappa shape index (κ2) is 6.10. The van der Waals surface area contributed by atoms with Crippen LogP contribution in [-0.2, 0) is 19.4 Å². The van der Waals surface area contributed by atoms with Gasteiger partial charge in [-0.05, 0) is 31.6 Å². The van der Waals surface area contributed by atoms with E-state index in [9.17, 15) is 0 Å². The van der Waals surface area contributed by atoms with Crippen LogP contribution in [-0.4, -0.2) is 9.78 Å². The molecule has 1 aromatic rings. The minimum absolute atomic E-state index is 0.0540. The minimum Gasteiger partial charge on any atom is -0.269 e. The van der Waals surface area contributed by atoms with Gasteiger partial charge in [-0.1, -0.05) is 34.6 Å². The fraction of sp³-hybridized carbons (Fsp3) is 0.800. The van der Waals surface area contributed by atoms with Gasteiger partial charge in [-0.3, -0.25) is 4.68 Å². The van der Waals surface area contributed by atoms with E-state index in [0.29, 0.717) is 5.41 Å². The Labute approximate surface area is 117 Å². The number of hydrogen-bond donors (Lipinski definition) is 0. The zero-order valence-corrected chi connectivity index (χ0v) is 13.4. The van der Waals surface area contributed by atoms with Crippen LogP contribution in [0.2, 0.25) is 0 Å². The maximum atomic E-state index is 6.32. The van der Waals surface area contributed by atoms with E-state index in [1.165, 1.54) is 17.0 Å². The topological polar surface area (TPSA) is 17.8 Å². The molecule has 0 aromatic carbocycles. The van der Waals surface area contributed by atoms with Crippen molar-refractivity contribution in [2.75, 3.05) is 0 Å². The van der Waals surface area contributed by atoms with E-state index in [4.69, 9.17) is 16.7 Å². The van der Waals surface area contributed by atoms with E-state index in [1.54, 1.807) is 0 Å². The van der Waals surface area contributed by atoms with Crippen LogP contribution in [0, 0.1) is 5.41 Å². The third-order valence-electron chi connectivity index (χ3n) is 3.32. The molecule has 1 heterocycles. The van der Waals surface area contributed by atoms with Gasteiger partial charge in [0, 0.05) is 17.8 Å². The third-order valence-corrected chi connectivity index (χ3v) is 3.53. The van der Waals surface area contributed by atoms with E-state index in [-0.39, 0.29) is 5.38 Å². The average Bonchev–Trinajstić information content (AvgIpc) is 2.63. The van der Waals surface area contributed by atoms with Crippen molar-refractivity contribution in [2.24, 2.45) is 5.41 Å². The van der Waals surface area contributed by atoms with Crippen molar-refractivity contribution in [1.82, 2.24) is 9.78 Å². The molecule has 0 spiro atoms. The molecule has 1 unspecified atom stereocenters. The maximum Gasteiger partial charge on any atom is 0.0671 e. The second-order valence-corrected chi connectivity index (χ2v) is 6.82. The predicted molar refractivity (Wildman–Crippen MR) is 79.3 cm³/mol. The molecule has 0 aliphatic carbocycles. The van der Waals surface area contributed by atoms with Gasteiger partial charge in [0.1, 0.15) is 0 Å². The summed E-state index contributed by atoms with van der Waals surface area (Å²) >= 11 is 6.32. The molecule has 0 aliphatic rings. The molecule has 0 saturated heterocycles. The summed E-state index contributed by atoms with van der Waals surface area (Å²) in [5.41, 5.74) is 4.09. The summed E-state index contributed by atoms with van der Waals surface area (Å²) in [7, 11) is 0. The van der Waals surface area contributed by atoms with Crippen molar-refractivity contribution < 1.29 is 0 Å². The van der Waals surface area contributed by atoms with Crippen LogP contribution in [0.15, 0.2) is 0 Å². The first-order chi connectivity index (χ1) is 8.30. The molecule has 1 aromatic heterocycles. The van der Waals surface area contributed by atoms with Crippen molar-refractivity contribution in [2.45, 2.75) is 72.7 Å². The summed E-state index contributed by atoms with van der Waals surface area (Å²) in [6.07, 6.45) is 3.10. The largest absolute Gasteiger partial charge is 0.269 e. The highest BCUT2D eigenvalue weighted by Gasteiger charge is 2.20. The molecule has 3 heteroatoms. The van der Waals surface area contributed by atoms with Crippen LogP contribution in [0.1, 0.15) is 70.3 Å². The Morgan fingerprint density at radius 1 is 1.22 bits per heavy atom. The molecular formula is C15H27ClN2. The van der Waals surface area contributed by atoms with Crippen LogP contribution in [0.3, 0.4) is 0 Å². The smallest absolute Gasteiger partial charge is 0.0671 e. The van der Waals surface area contributed by atoms with E-state index in [0.717, 1.165) is 25.8 Å². The van der Waals surface area contributed by atoms with Gasteiger partial charge in [-0.25, -0.2) is 0 Å². The Hall–Kier alpha value is -0.500. The van der Waals surface area contributed by atoms with Crippen LogP contribution < -0.4 is 0 Å². The van der Waals surface area contributed by atoms with Crippen LogP contribution in [0.4, 0.5) is 0 Å². The lowest BCUT2D eigenvalue weighted by atomic mass is 9.92. The first-order valence-electron chi connectivity index (χ1n) is 7.02. The van der Waals surface area contributed by atoms with E-state index < -0.39 is 0 Å². The molecule has 0 bridgehead atoms. The number of aromatic nitrogens is 2. The Kier molecular flexibility index (Phi) is 5.27. The van der Waals surface area contributed by atoms with Gasteiger partial charge in [0.2, 0.25) is 0 Å². The summed E-state index contributed by atoms with van der Waals surface area (Å²) in [5, 5.41) is 4.81. The SMILES string of the molecule is CCc1nn(CCC(C)(C)C)c(CC)c1C(C)Cl. The van der Waals surface area contributed by atoms with Crippen molar-refractivity contribution >= 4 is 11.6 Å². The normalized spacial score (nSPS) is 13.9. The minimum atomic E-state index is 0.0540. The van der Waals surface area contributed by atoms with Gasteiger partial charge >= 0.3 is 0 Å². The molecule has 104 valence electrons. The molecular weight excluding hydrogens is 244 g/mol. The zero-order chi connectivity index (χ0) is 13.9. The Bertz CT molecular complexity index is 386. The van der Waals surface area contributed by atoms with Crippen molar-refractivity contribution in [3.05, 3.63) is 17.0 Å². The second-order valence-electron chi connectivity index (χ2n) is 6.16. The highest BCUT2D eigenvalue weighted by molar-refractivity contribution is 6.20. The molecule has 0 aliphatic heterocycles. The van der Waals surface area contributed by atoms with Crippen molar-refractivity contribution in [3.63, 3.8) is 0 Å². The van der Waals surface area contributed by atoms with Gasteiger partial charge < -0.3 is 0 Å². The first kappa shape index (κ1) is 15.6. The number of nitrogens with zero attached hydrogens (tertiary/aromatic N) is 2. The highest BCUT2D eigenvalue weighted by atomic mass is 35.5. The number of hydrogen-bond acceptors (Lipinski definition) is 1. The number of rotatable bonds is 5. The summed E-state index contributed by atoms with van der Waals surface area (Å²) in [6, 6.07) is 0. The van der Waals surface area contributed by atoms with Gasteiger partial charge in [-0.15, -0.1) is 11.6 Å². The van der Waals surface area contributed by atoms with E-state index in [1.807, 2.05) is 6.92 Å². The molecule has 0 amide bonds. The molecule has 1 rings (SSSR count). The monoisotopic (exact) mass is 270 g/mol. The van der Waals surface area contributed by atoms with Gasteiger partial charge in [0.25, 0.3) is 0 Å². The van der Waals surface area contributed by atoms with Crippen LogP contribution in [0.25, 0.3) is 0 Å². The summed E-state index contributed by atoms with van der Waals surface area (Å²) < 4.78 is 2.18. The Morgan fingerprint density at radius 3 is 2.22 bits per heavy atom. The third kappa shape index (κ3) is 3.74. The lowest BCUT2D eigenvalue weighted by Gasteiger charge is -2.18. The average molecular weight is 271 g/mol. The van der Waals surface area contributed by atoms with Crippen LogP contribution in [0.5, 0.6) is 0 Å². The lowest BCUT2D eigenvalue weighted by Crippen LogP contribution is -2.13. The Morgan fingerprint density at radius 2 is 1.83 bits per heavy atom. The fourth-order valence-corrected chi connectivity index (χ4v) is 2.54. The van der Waals surface area contributed by atoms with Crippen molar-refractivity contribution in [1.29, 1.82) is 0 Å². The molecule has 1 atom stereocenters. The molecule has 0 saturated carbocycles. The molecule has 18 heavy (non-hydrogen) atoms. The number of aryl methyl sites for hydroxylation is 2. The lowest BCUT2D eigenvalue weighted by molar-refractivity contribution is 0.337. The molecule has 2 nitrogen and oxygen atoms in total. The molecule has 0 fully saturated rings. The summed E-state index contributed by atoms with van der Waals surface area (Å²) in [4.78, 5) is 0. The summed E-state index contributed by atoms with van der Waals surface area (Å²) in [5.74, 6) is 0. The van der Waals surface area contributed by atoms with E-state index >= 15 is 0 Å². The molecule has 0 N–H and O–H groups in total. The van der Waals surface area contributed by atoms with Gasteiger partial charge in [0.15, 0.2) is 0 Å². The number of alkyl halides is 1.